The van der Waals surface area contributed by atoms with E-state index < -0.39 is 0 Å². The van der Waals surface area contributed by atoms with Crippen LogP contribution in [-0.4, -0.2) is 0 Å². The number of benzene rings is 2. The molecule has 0 saturated carbocycles. The van der Waals surface area contributed by atoms with E-state index in [2.05, 4.69) is 15.9 Å². The average molecular weight is 324 g/mol. The largest absolute Gasteiger partial charge is 0.457 e. The summed E-state index contributed by atoms with van der Waals surface area (Å²) in [5.74, 6) is 0.782. The molecule has 100 valence electrons. The van der Waals surface area contributed by atoms with Crippen molar-refractivity contribution < 1.29 is 9.13 Å². The fourth-order valence-corrected chi connectivity index (χ4v) is 1.94. The zero-order chi connectivity index (χ0) is 13.8. The molecule has 2 rings (SSSR count). The Morgan fingerprint density at radius 3 is 2.37 bits per heavy atom. The van der Waals surface area contributed by atoms with Crippen LogP contribution < -0.4 is 10.5 Å². The van der Waals surface area contributed by atoms with Crippen LogP contribution in [0.5, 0.6) is 11.5 Å². The molecule has 0 fully saturated rings. The summed E-state index contributed by atoms with van der Waals surface area (Å²) in [7, 11) is 0. The van der Waals surface area contributed by atoms with Gasteiger partial charge in [0, 0.05) is 12.1 Å². The molecule has 2 aromatic carbocycles. The van der Waals surface area contributed by atoms with Crippen LogP contribution in [0.1, 0.15) is 24.9 Å². The fraction of sp³-hybridized carbons (Fsp3) is 0.200. The number of rotatable bonds is 4. The SMILES string of the molecule is CC[C@H](N)c1ccc(Oc2ccc(Br)c(F)c2)cc1. The van der Waals surface area contributed by atoms with Crippen molar-refractivity contribution in [3.63, 3.8) is 0 Å². The topological polar surface area (TPSA) is 35.2 Å². The van der Waals surface area contributed by atoms with Crippen molar-refractivity contribution in [3.05, 3.63) is 58.3 Å². The normalized spacial score (nSPS) is 12.2. The van der Waals surface area contributed by atoms with Gasteiger partial charge < -0.3 is 10.5 Å². The highest BCUT2D eigenvalue weighted by atomic mass is 79.9. The monoisotopic (exact) mass is 323 g/mol. The molecule has 0 aliphatic heterocycles. The summed E-state index contributed by atoms with van der Waals surface area (Å²) in [6.07, 6.45) is 0.887. The summed E-state index contributed by atoms with van der Waals surface area (Å²) in [5, 5.41) is 0. The highest BCUT2D eigenvalue weighted by Crippen LogP contribution is 2.26. The fourth-order valence-electron chi connectivity index (χ4n) is 1.70. The molecule has 0 aliphatic rings. The second-order valence-corrected chi connectivity index (χ2v) is 5.12. The van der Waals surface area contributed by atoms with Gasteiger partial charge in [-0.05, 0) is 52.2 Å². The lowest BCUT2D eigenvalue weighted by atomic mass is 10.1. The van der Waals surface area contributed by atoms with Crippen molar-refractivity contribution in [1.82, 2.24) is 0 Å². The summed E-state index contributed by atoms with van der Waals surface area (Å²) in [4.78, 5) is 0. The van der Waals surface area contributed by atoms with Crippen molar-refractivity contribution in [1.29, 1.82) is 0 Å². The molecule has 2 aromatic rings. The molecule has 0 spiro atoms. The van der Waals surface area contributed by atoms with E-state index in [-0.39, 0.29) is 11.9 Å². The minimum absolute atomic E-state index is 0.0409. The van der Waals surface area contributed by atoms with E-state index in [1.807, 2.05) is 31.2 Å². The molecule has 1 atom stereocenters. The van der Waals surface area contributed by atoms with Gasteiger partial charge in [0.15, 0.2) is 0 Å². The van der Waals surface area contributed by atoms with Crippen LogP contribution in [0.3, 0.4) is 0 Å². The molecule has 0 heterocycles. The third kappa shape index (κ3) is 3.55. The van der Waals surface area contributed by atoms with E-state index in [9.17, 15) is 4.39 Å². The van der Waals surface area contributed by atoms with Crippen LogP contribution in [0, 0.1) is 5.82 Å². The first-order valence-electron chi connectivity index (χ1n) is 6.08. The first kappa shape index (κ1) is 14.0. The maximum Gasteiger partial charge on any atom is 0.141 e. The first-order valence-corrected chi connectivity index (χ1v) is 6.88. The lowest BCUT2D eigenvalue weighted by Gasteiger charge is -2.11. The predicted molar refractivity (Wildman–Crippen MR) is 77.8 cm³/mol. The van der Waals surface area contributed by atoms with Gasteiger partial charge in [-0.2, -0.15) is 0 Å². The molecule has 0 amide bonds. The van der Waals surface area contributed by atoms with Crippen LogP contribution in [-0.2, 0) is 0 Å². The van der Waals surface area contributed by atoms with Gasteiger partial charge in [-0.1, -0.05) is 19.1 Å². The summed E-state index contributed by atoms with van der Waals surface area (Å²) < 4.78 is 19.4. The van der Waals surface area contributed by atoms with Crippen molar-refractivity contribution in [2.24, 2.45) is 5.73 Å². The Bertz CT molecular complexity index is 557. The highest BCUT2D eigenvalue weighted by Gasteiger charge is 2.05. The molecule has 0 bridgehead atoms. The highest BCUT2D eigenvalue weighted by molar-refractivity contribution is 9.10. The first-order chi connectivity index (χ1) is 9.10. The number of hydrogen-bond acceptors (Lipinski definition) is 2. The summed E-state index contributed by atoms with van der Waals surface area (Å²) >= 11 is 3.10. The lowest BCUT2D eigenvalue weighted by molar-refractivity contribution is 0.475. The van der Waals surface area contributed by atoms with Crippen LogP contribution in [0.15, 0.2) is 46.9 Å². The molecular formula is C15H15BrFNO. The Balaban J connectivity index is 2.12. The van der Waals surface area contributed by atoms with Gasteiger partial charge in [0.2, 0.25) is 0 Å². The van der Waals surface area contributed by atoms with E-state index in [1.54, 1.807) is 12.1 Å². The number of ether oxygens (including phenoxy) is 1. The Morgan fingerprint density at radius 1 is 1.16 bits per heavy atom. The Hall–Kier alpha value is -1.39. The van der Waals surface area contributed by atoms with E-state index in [0.717, 1.165) is 12.0 Å². The number of hydrogen-bond donors (Lipinski definition) is 1. The Kier molecular flexibility index (Phi) is 4.56. The molecule has 0 aliphatic carbocycles. The van der Waals surface area contributed by atoms with E-state index in [0.29, 0.717) is 16.0 Å². The summed E-state index contributed by atoms with van der Waals surface area (Å²) in [5.41, 5.74) is 7.00. The molecule has 4 heteroatoms. The summed E-state index contributed by atoms with van der Waals surface area (Å²) in [6, 6.07) is 12.2. The van der Waals surface area contributed by atoms with E-state index >= 15 is 0 Å². The molecule has 0 saturated heterocycles. The van der Waals surface area contributed by atoms with Gasteiger partial charge in [0.1, 0.15) is 17.3 Å². The third-order valence-corrected chi connectivity index (χ3v) is 3.52. The standard InChI is InChI=1S/C15H15BrFNO/c1-2-15(18)10-3-5-11(6-4-10)19-12-7-8-13(16)14(17)9-12/h3-9,15H,2,18H2,1H3/t15-/m0/s1. The maximum absolute atomic E-state index is 13.4. The number of nitrogens with two attached hydrogens (primary N) is 1. The molecule has 2 nitrogen and oxygen atoms in total. The minimum atomic E-state index is -0.345. The predicted octanol–water partition coefficient (Wildman–Crippen LogP) is 4.79. The van der Waals surface area contributed by atoms with Crippen molar-refractivity contribution in [3.8, 4) is 11.5 Å². The Morgan fingerprint density at radius 2 is 1.79 bits per heavy atom. The van der Waals surface area contributed by atoms with Gasteiger partial charge in [-0.25, -0.2) is 4.39 Å². The molecule has 0 radical (unpaired) electrons. The number of halogens is 2. The smallest absolute Gasteiger partial charge is 0.141 e. The second-order valence-electron chi connectivity index (χ2n) is 4.26. The van der Waals surface area contributed by atoms with Gasteiger partial charge >= 0.3 is 0 Å². The average Bonchev–Trinajstić information content (AvgIpc) is 2.43. The zero-order valence-corrected chi connectivity index (χ0v) is 12.2. The van der Waals surface area contributed by atoms with Gasteiger partial charge in [0.25, 0.3) is 0 Å². The minimum Gasteiger partial charge on any atom is -0.457 e. The van der Waals surface area contributed by atoms with Crippen molar-refractivity contribution in [2.75, 3.05) is 0 Å². The molecule has 0 unspecified atom stereocenters. The van der Waals surface area contributed by atoms with Gasteiger partial charge in [-0.15, -0.1) is 0 Å². The van der Waals surface area contributed by atoms with Crippen LogP contribution >= 0.6 is 15.9 Å². The molecular weight excluding hydrogens is 309 g/mol. The third-order valence-electron chi connectivity index (χ3n) is 2.87. The Labute approximate surface area is 120 Å². The van der Waals surface area contributed by atoms with Crippen LogP contribution in [0.4, 0.5) is 4.39 Å². The quantitative estimate of drug-likeness (QED) is 0.877. The second kappa shape index (κ2) is 6.17. The van der Waals surface area contributed by atoms with Crippen molar-refractivity contribution in [2.45, 2.75) is 19.4 Å². The maximum atomic E-state index is 13.4. The van der Waals surface area contributed by atoms with E-state index in [4.69, 9.17) is 10.5 Å². The van der Waals surface area contributed by atoms with E-state index in [1.165, 1.54) is 6.07 Å². The van der Waals surface area contributed by atoms with Gasteiger partial charge in [-0.3, -0.25) is 0 Å². The molecule has 19 heavy (non-hydrogen) atoms. The van der Waals surface area contributed by atoms with Crippen LogP contribution in [0.2, 0.25) is 0 Å². The summed E-state index contributed by atoms with van der Waals surface area (Å²) in [6.45, 7) is 2.04. The molecule has 2 N–H and O–H groups in total. The zero-order valence-electron chi connectivity index (χ0n) is 10.6. The molecule has 0 aromatic heterocycles. The van der Waals surface area contributed by atoms with Crippen molar-refractivity contribution >= 4 is 15.9 Å². The lowest BCUT2D eigenvalue weighted by Crippen LogP contribution is -2.07. The van der Waals surface area contributed by atoms with Crippen LogP contribution in [0.25, 0.3) is 0 Å². The van der Waals surface area contributed by atoms with Gasteiger partial charge in [0.05, 0.1) is 4.47 Å².